The van der Waals surface area contributed by atoms with E-state index >= 15 is 0 Å². The minimum Gasteiger partial charge on any atom is -0.481 e. The number of carbonyl (C=O) groups is 3. The second kappa shape index (κ2) is 6.18. The Labute approximate surface area is 111 Å². The van der Waals surface area contributed by atoms with Gasteiger partial charge >= 0.3 is 5.97 Å². The quantitative estimate of drug-likeness (QED) is 0.734. The second-order valence-corrected chi connectivity index (χ2v) is 5.26. The van der Waals surface area contributed by atoms with Gasteiger partial charge in [-0.1, -0.05) is 13.8 Å². The van der Waals surface area contributed by atoms with E-state index in [2.05, 4.69) is 0 Å². The molecule has 0 spiro atoms. The van der Waals surface area contributed by atoms with E-state index in [4.69, 9.17) is 16.7 Å². The van der Waals surface area contributed by atoms with Crippen molar-refractivity contribution in [3.05, 3.63) is 0 Å². The Morgan fingerprint density at radius 3 is 2.28 bits per heavy atom. The van der Waals surface area contributed by atoms with Gasteiger partial charge in [0.05, 0.1) is 11.8 Å². The number of likely N-dealkylation sites (tertiary alicyclic amines) is 1. The normalized spacial score (nSPS) is 17.4. The molecule has 1 fully saturated rings. The van der Waals surface area contributed by atoms with Gasteiger partial charge in [0.15, 0.2) is 0 Å². The largest absolute Gasteiger partial charge is 0.481 e. The van der Waals surface area contributed by atoms with Gasteiger partial charge in [-0.25, -0.2) is 0 Å². The number of alkyl halides is 1. The monoisotopic (exact) mass is 275 g/mol. The number of ketones is 1. The molecule has 0 aromatic carbocycles. The van der Waals surface area contributed by atoms with Gasteiger partial charge in [-0.05, 0) is 5.92 Å². The minimum atomic E-state index is -0.939. The second-order valence-electron chi connectivity index (χ2n) is 4.99. The number of Topliss-reactive ketones (excluding diaryl/α,β-unsaturated/α-hetero) is 1. The molecule has 1 N–H and O–H groups in total. The van der Waals surface area contributed by atoms with Crippen molar-refractivity contribution in [1.29, 1.82) is 0 Å². The lowest BCUT2D eigenvalue weighted by Crippen LogP contribution is -2.53. The molecule has 1 rings (SSSR count). The van der Waals surface area contributed by atoms with Crippen LogP contribution < -0.4 is 0 Å². The molecule has 1 aliphatic rings. The summed E-state index contributed by atoms with van der Waals surface area (Å²) in [6, 6.07) is 0. The fraction of sp³-hybridized carbons (Fsp3) is 0.750. The highest BCUT2D eigenvalue weighted by Crippen LogP contribution is 2.23. The Kier molecular flexibility index (Phi) is 5.14. The number of carbonyl (C=O) groups excluding carboxylic acids is 2. The SMILES string of the molecule is CC(C)[C@H](CC(=O)C1CN(C(=O)CCl)C1)C(=O)O. The molecule has 6 heteroatoms. The summed E-state index contributed by atoms with van der Waals surface area (Å²) in [7, 11) is 0. The first-order chi connectivity index (χ1) is 8.36. The number of halogens is 1. The topological polar surface area (TPSA) is 74.7 Å². The third kappa shape index (κ3) is 3.45. The molecule has 0 aromatic rings. The third-order valence-electron chi connectivity index (χ3n) is 3.35. The first-order valence-electron chi connectivity index (χ1n) is 5.96. The van der Waals surface area contributed by atoms with Crippen LogP contribution in [0.2, 0.25) is 0 Å². The first kappa shape index (κ1) is 15.0. The van der Waals surface area contributed by atoms with E-state index in [1.165, 1.54) is 4.90 Å². The van der Waals surface area contributed by atoms with E-state index in [0.29, 0.717) is 13.1 Å². The summed E-state index contributed by atoms with van der Waals surface area (Å²) < 4.78 is 0. The van der Waals surface area contributed by atoms with Crippen molar-refractivity contribution < 1.29 is 19.5 Å². The Balaban J connectivity index is 2.44. The van der Waals surface area contributed by atoms with Crippen molar-refractivity contribution in [2.24, 2.45) is 17.8 Å². The predicted molar refractivity (Wildman–Crippen MR) is 66.4 cm³/mol. The van der Waals surface area contributed by atoms with Crippen LogP contribution in [-0.4, -0.2) is 46.6 Å². The van der Waals surface area contributed by atoms with Crippen molar-refractivity contribution in [3.8, 4) is 0 Å². The molecule has 1 heterocycles. The van der Waals surface area contributed by atoms with Crippen LogP contribution in [0.1, 0.15) is 20.3 Å². The molecule has 0 radical (unpaired) electrons. The van der Waals surface area contributed by atoms with Crippen LogP contribution in [0.25, 0.3) is 0 Å². The number of carboxylic acid groups (broad SMARTS) is 1. The molecule has 0 unspecified atom stereocenters. The van der Waals surface area contributed by atoms with Crippen molar-refractivity contribution in [3.63, 3.8) is 0 Å². The molecule has 102 valence electrons. The Morgan fingerprint density at radius 1 is 1.33 bits per heavy atom. The lowest BCUT2D eigenvalue weighted by molar-refractivity contribution is -0.148. The van der Waals surface area contributed by atoms with Gasteiger partial charge in [-0.2, -0.15) is 0 Å². The summed E-state index contributed by atoms with van der Waals surface area (Å²) in [5.41, 5.74) is 0. The number of aliphatic carboxylic acids is 1. The summed E-state index contributed by atoms with van der Waals surface area (Å²) in [5, 5.41) is 9.01. The van der Waals surface area contributed by atoms with Crippen molar-refractivity contribution in [2.45, 2.75) is 20.3 Å². The highest BCUT2D eigenvalue weighted by molar-refractivity contribution is 6.27. The highest BCUT2D eigenvalue weighted by atomic mass is 35.5. The molecular formula is C12H18ClNO4. The molecule has 1 atom stereocenters. The minimum absolute atomic E-state index is 0.0422. The van der Waals surface area contributed by atoms with Gasteiger partial charge in [0, 0.05) is 19.5 Å². The number of carboxylic acids is 1. The van der Waals surface area contributed by atoms with Gasteiger partial charge in [-0.15, -0.1) is 11.6 Å². The zero-order chi connectivity index (χ0) is 13.9. The average molecular weight is 276 g/mol. The number of hydrogen-bond acceptors (Lipinski definition) is 3. The van der Waals surface area contributed by atoms with Crippen LogP contribution in [0.3, 0.4) is 0 Å². The highest BCUT2D eigenvalue weighted by Gasteiger charge is 2.37. The summed E-state index contributed by atoms with van der Waals surface area (Å²) in [5.74, 6) is -2.22. The van der Waals surface area contributed by atoms with E-state index in [1.54, 1.807) is 13.8 Å². The zero-order valence-corrected chi connectivity index (χ0v) is 11.3. The number of hydrogen-bond donors (Lipinski definition) is 1. The van der Waals surface area contributed by atoms with Crippen molar-refractivity contribution >= 4 is 29.3 Å². The molecule has 1 saturated heterocycles. The lowest BCUT2D eigenvalue weighted by Gasteiger charge is -2.38. The third-order valence-corrected chi connectivity index (χ3v) is 3.58. The zero-order valence-electron chi connectivity index (χ0n) is 10.6. The smallest absolute Gasteiger partial charge is 0.307 e. The van der Waals surface area contributed by atoms with Crippen molar-refractivity contribution in [2.75, 3.05) is 19.0 Å². The van der Waals surface area contributed by atoms with Crippen LogP contribution in [0, 0.1) is 17.8 Å². The number of nitrogens with zero attached hydrogens (tertiary/aromatic N) is 1. The predicted octanol–water partition coefficient (Wildman–Crippen LogP) is 1.000. The molecular weight excluding hydrogens is 258 g/mol. The van der Waals surface area contributed by atoms with Gasteiger partial charge in [-0.3, -0.25) is 14.4 Å². The Bertz CT molecular complexity index is 350. The average Bonchev–Trinajstić information content (AvgIpc) is 2.22. The van der Waals surface area contributed by atoms with E-state index in [0.717, 1.165) is 0 Å². The van der Waals surface area contributed by atoms with E-state index < -0.39 is 11.9 Å². The summed E-state index contributed by atoms with van der Waals surface area (Å²) in [6.07, 6.45) is 0.0422. The van der Waals surface area contributed by atoms with Crippen LogP contribution in [0.15, 0.2) is 0 Å². The Morgan fingerprint density at radius 2 is 1.89 bits per heavy atom. The first-order valence-corrected chi connectivity index (χ1v) is 6.49. The van der Waals surface area contributed by atoms with Crippen LogP contribution >= 0.6 is 11.6 Å². The van der Waals surface area contributed by atoms with Crippen LogP contribution in [-0.2, 0) is 14.4 Å². The Hall–Kier alpha value is -1.10. The molecule has 0 aromatic heterocycles. The van der Waals surface area contributed by atoms with Crippen LogP contribution in [0.5, 0.6) is 0 Å². The lowest BCUT2D eigenvalue weighted by atomic mass is 9.84. The maximum atomic E-state index is 11.9. The molecule has 0 bridgehead atoms. The molecule has 1 amide bonds. The molecule has 1 aliphatic heterocycles. The fourth-order valence-electron chi connectivity index (χ4n) is 1.96. The summed E-state index contributed by atoms with van der Waals surface area (Å²) in [4.78, 5) is 35.6. The van der Waals surface area contributed by atoms with E-state index in [9.17, 15) is 14.4 Å². The number of amides is 1. The van der Waals surface area contributed by atoms with E-state index in [-0.39, 0.29) is 35.8 Å². The number of rotatable bonds is 6. The standard InChI is InChI=1S/C12H18ClNO4/c1-7(2)9(12(17)18)3-10(15)8-5-14(6-8)11(16)4-13/h7-9H,3-6H2,1-2H3,(H,17,18)/t9-/m0/s1. The molecule has 18 heavy (non-hydrogen) atoms. The van der Waals surface area contributed by atoms with Gasteiger partial charge in [0.25, 0.3) is 0 Å². The maximum Gasteiger partial charge on any atom is 0.307 e. The van der Waals surface area contributed by atoms with Gasteiger partial charge < -0.3 is 10.0 Å². The summed E-state index contributed by atoms with van der Waals surface area (Å²) in [6.45, 7) is 4.32. The van der Waals surface area contributed by atoms with Gasteiger partial charge in [0.2, 0.25) is 5.91 Å². The molecule has 0 saturated carbocycles. The van der Waals surface area contributed by atoms with Crippen molar-refractivity contribution in [1.82, 2.24) is 4.90 Å². The van der Waals surface area contributed by atoms with Gasteiger partial charge in [0.1, 0.15) is 11.7 Å². The maximum absolute atomic E-state index is 11.9. The van der Waals surface area contributed by atoms with E-state index in [1.807, 2.05) is 0 Å². The molecule has 5 nitrogen and oxygen atoms in total. The van der Waals surface area contributed by atoms with Crippen LogP contribution in [0.4, 0.5) is 0 Å². The molecule has 0 aliphatic carbocycles. The fourth-order valence-corrected chi connectivity index (χ4v) is 2.13. The summed E-state index contributed by atoms with van der Waals surface area (Å²) >= 11 is 5.40.